The Kier molecular flexibility index (Phi) is 6.04. The number of benzene rings is 1. The summed E-state index contributed by atoms with van der Waals surface area (Å²) < 4.78 is 16.2. The van der Waals surface area contributed by atoms with Crippen LogP contribution in [-0.4, -0.2) is 36.7 Å². The zero-order valence-electron chi connectivity index (χ0n) is 16.6. The van der Waals surface area contributed by atoms with Crippen LogP contribution in [0.25, 0.3) is 0 Å². The molecule has 0 saturated carbocycles. The summed E-state index contributed by atoms with van der Waals surface area (Å²) in [5.74, 6) is 2.33. The van der Waals surface area contributed by atoms with Crippen LogP contribution in [0.15, 0.2) is 22.7 Å². The summed E-state index contributed by atoms with van der Waals surface area (Å²) in [6, 6.07) is 5.96. The number of hydrogen-bond acceptors (Lipinski definition) is 5. The van der Waals surface area contributed by atoms with Crippen LogP contribution in [0.4, 0.5) is 0 Å². The summed E-state index contributed by atoms with van der Waals surface area (Å²) in [4.78, 5) is 15.1. The second kappa shape index (κ2) is 8.46. The lowest BCUT2D eigenvalue weighted by atomic mass is 10.0. The Bertz CT molecular complexity index is 778. The molecule has 1 atom stereocenters. The van der Waals surface area contributed by atoms with Crippen LogP contribution in [0.2, 0.25) is 0 Å². The van der Waals surface area contributed by atoms with E-state index in [1.165, 1.54) is 0 Å². The highest BCUT2D eigenvalue weighted by atomic mass is 16.5. The molecule has 1 saturated heterocycles. The molecule has 0 bridgehead atoms. The molecule has 6 nitrogen and oxygen atoms in total. The number of ether oxygens (including phenoxy) is 2. The standard InChI is InChI=1S/C21H28N2O4/c1-5-16-15(18(6-2)27-22-16)13-21(24)23-11-7-8-17(23)14-9-10-19(25-3)20(12-14)26-4/h9-10,12,17H,5-8,11,13H2,1-4H3/t17-/m1/s1. The summed E-state index contributed by atoms with van der Waals surface area (Å²) in [5.41, 5.74) is 2.93. The first-order valence-electron chi connectivity index (χ1n) is 9.60. The van der Waals surface area contributed by atoms with Crippen molar-refractivity contribution in [2.45, 2.75) is 52.0 Å². The molecule has 1 aromatic carbocycles. The first-order valence-corrected chi connectivity index (χ1v) is 9.60. The third-order valence-corrected chi connectivity index (χ3v) is 5.30. The number of methoxy groups -OCH3 is 2. The van der Waals surface area contributed by atoms with Crippen LogP contribution >= 0.6 is 0 Å². The molecule has 3 rings (SSSR count). The van der Waals surface area contributed by atoms with E-state index in [0.717, 1.165) is 54.8 Å². The molecule has 1 aliphatic heterocycles. The van der Waals surface area contributed by atoms with E-state index in [0.29, 0.717) is 17.9 Å². The molecular formula is C21H28N2O4. The Hall–Kier alpha value is -2.50. The molecule has 0 spiro atoms. The SMILES string of the molecule is CCc1noc(CC)c1CC(=O)N1CCC[C@@H]1c1ccc(OC)c(OC)c1. The summed E-state index contributed by atoms with van der Waals surface area (Å²) in [6.45, 7) is 4.83. The van der Waals surface area contributed by atoms with Gasteiger partial charge in [-0.05, 0) is 37.0 Å². The van der Waals surface area contributed by atoms with Gasteiger partial charge in [-0.3, -0.25) is 4.79 Å². The third kappa shape index (κ3) is 3.80. The van der Waals surface area contributed by atoms with Crippen molar-refractivity contribution in [3.8, 4) is 11.5 Å². The molecular weight excluding hydrogens is 344 g/mol. The molecule has 1 fully saturated rings. The van der Waals surface area contributed by atoms with Gasteiger partial charge in [0, 0.05) is 18.5 Å². The Morgan fingerprint density at radius 1 is 1.22 bits per heavy atom. The normalized spacial score (nSPS) is 16.6. The second-order valence-electron chi connectivity index (χ2n) is 6.77. The average molecular weight is 372 g/mol. The van der Waals surface area contributed by atoms with Crippen LogP contribution in [0, 0.1) is 0 Å². The van der Waals surface area contributed by atoms with Gasteiger partial charge in [0.15, 0.2) is 11.5 Å². The van der Waals surface area contributed by atoms with Crippen LogP contribution in [0.3, 0.4) is 0 Å². The van der Waals surface area contributed by atoms with Gasteiger partial charge in [-0.15, -0.1) is 0 Å². The number of likely N-dealkylation sites (tertiary alicyclic amines) is 1. The molecule has 2 heterocycles. The first kappa shape index (κ1) is 19.3. The molecule has 2 aromatic rings. The van der Waals surface area contributed by atoms with Crippen LogP contribution in [-0.2, 0) is 24.1 Å². The molecule has 0 radical (unpaired) electrons. The smallest absolute Gasteiger partial charge is 0.227 e. The number of aromatic nitrogens is 1. The Balaban J connectivity index is 1.82. The Morgan fingerprint density at radius 2 is 2.00 bits per heavy atom. The number of carbonyl (C=O) groups excluding carboxylic acids is 1. The van der Waals surface area contributed by atoms with Gasteiger partial charge < -0.3 is 18.9 Å². The zero-order chi connectivity index (χ0) is 19.4. The lowest BCUT2D eigenvalue weighted by molar-refractivity contribution is -0.131. The van der Waals surface area contributed by atoms with Gasteiger partial charge in [-0.25, -0.2) is 0 Å². The molecule has 0 N–H and O–H groups in total. The van der Waals surface area contributed by atoms with Crippen LogP contribution < -0.4 is 9.47 Å². The van der Waals surface area contributed by atoms with E-state index < -0.39 is 0 Å². The van der Waals surface area contributed by atoms with E-state index in [1.54, 1.807) is 14.2 Å². The zero-order valence-corrected chi connectivity index (χ0v) is 16.6. The topological polar surface area (TPSA) is 64.8 Å². The van der Waals surface area contributed by atoms with Crippen molar-refractivity contribution in [2.75, 3.05) is 20.8 Å². The van der Waals surface area contributed by atoms with E-state index in [4.69, 9.17) is 14.0 Å². The van der Waals surface area contributed by atoms with Crippen LogP contribution in [0.5, 0.6) is 11.5 Å². The van der Waals surface area contributed by atoms with Gasteiger partial charge in [0.05, 0.1) is 32.4 Å². The van der Waals surface area contributed by atoms with Gasteiger partial charge in [-0.1, -0.05) is 25.1 Å². The maximum atomic E-state index is 13.1. The Morgan fingerprint density at radius 3 is 2.67 bits per heavy atom. The first-order chi connectivity index (χ1) is 13.1. The molecule has 0 aliphatic carbocycles. The van der Waals surface area contributed by atoms with Crippen molar-refractivity contribution in [1.82, 2.24) is 10.1 Å². The average Bonchev–Trinajstić information content (AvgIpc) is 3.34. The van der Waals surface area contributed by atoms with Crippen LogP contribution in [0.1, 0.15) is 55.3 Å². The fraction of sp³-hybridized carbons (Fsp3) is 0.524. The summed E-state index contributed by atoms with van der Waals surface area (Å²) in [6.07, 6.45) is 3.81. The molecule has 0 unspecified atom stereocenters. The van der Waals surface area contributed by atoms with E-state index in [2.05, 4.69) is 5.16 Å². The fourth-order valence-electron chi connectivity index (χ4n) is 3.86. The van der Waals surface area contributed by atoms with Gasteiger partial charge in [0.1, 0.15) is 5.76 Å². The van der Waals surface area contributed by atoms with Crippen molar-refractivity contribution in [2.24, 2.45) is 0 Å². The van der Waals surface area contributed by atoms with E-state index in [1.807, 2.05) is 36.9 Å². The number of amides is 1. The summed E-state index contributed by atoms with van der Waals surface area (Å²) in [7, 11) is 3.25. The predicted octanol–water partition coefficient (Wildman–Crippen LogP) is 3.72. The maximum absolute atomic E-state index is 13.1. The van der Waals surface area contributed by atoms with Crippen molar-refractivity contribution < 1.29 is 18.8 Å². The molecule has 27 heavy (non-hydrogen) atoms. The number of carbonyl (C=O) groups is 1. The summed E-state index contributed by atoms with van der Waals surface area (Å²) >= 11 is 0. The molecule has 1 amide bonds. The minimum Gasteiger partial charge on any atom is -0.493 e. The van der Waals surface area contributed by atoms with Crippen molar-refractivity contribution in [1.29, 1.82) is 0 Å². The van der Waals surface area contributed by atoms with Gasteiger partial charge >= 0.3 is 0 Å². The molecule has 1 aromatic heterocycles. The van der Waals surface area contributed by atoms with Gasteiger partial charge in [0.2, 0.25) is 5.91 Å². The number of nitrogens with zero attached hydrogens (tertiary/aromatic N) is 2. The van der Waals surface area contributed by atoms with Crippen molar-refractivity contribution >= 4 is 5.91 Å². The molecule has 146 valence electrons. The minimum atomic E-state index is 0.0623. The minimum absolute atomic E-state index is 0.0623. The van der Waals surface area contributed by atoms with Gasteiger partial charge in [0.25, 0.3) is 0 Å². The third-order valence-electron chi connectivity index (χ3n) is 5.30. The quantitative estimate of drug-likeness (QED) is 0.741. The predicted molar refractivity (Wildman–Crippen MR) is 102 cm³/mol. The fourth-order valence-corrected chi connectivity index (χ4v) is 3.86. The highest BCUT2D eigenvalue weighted by molar-refractivity contribution is 5.80. The number of hydrogen-bond donors (Lipinski definition) is 0. The monoisotopic (exact) mass is 372 g/mol. The number of rotatable bonds is 7. The lowest BCUT2D eigenvalue weighted by Crippen LogP contribution is -2.32. The van der Waals surface area contributed by atoms with Crippen molar-refractivity contribution in [3.63, 3.8) is 0 Å². The number of aryl methyl sites for hydroxylation is 2. The van der Waals surface area contributed by atoms with Gasteiger partial charge in [-0.2, -0.15) is 0 Å². The second-order valence-corrected chi connectivity index (χ2v) is 6.77. The Labute approximate surface area is 160 Å². The van der Waals surface area contributed by atoms with E-state index in [-0.39, 0.29) is 11.9 Å². The van der Waals surface area contributed by atoms with Crippen molar-refractivity contribution in [3.05, 3.63) is 40.8 Å². The lowest BCUT2D eigenvalue weighted by Gasteiger charge is -2.26. The highest BCUT2D eigenvalue weighted by Crippen LogP contribution is 2.37. The van der Waals surface area contributed by atoms with E-state index in [9.17, 15) is 4.79 Å². The summed E-state index contributed by atoms with van der Waals surface area (Å²) in [5, 5.41) is 4.13. The van der Waals surface area contributed by atoms with E-state index >= 15 is 0 Å². The largest absolute Gasteiger partial charge is 0.493 e. The molecule has 1 aliphatic rings. The highest BCUT2D eigenvalue weighted by Gasteiger charge is 2.31. The maximum Gasteiger partial charge on any atom is 0.227 e. The molecule has 6 heteroatoms.